The van der Waals surface area contributed by atoms with Gasteiger partial charge in [0.25, 0.3) is 0 Å². The van der Waals surface area contributed by atoms with Crippen LogP contribution in [0.5, 0.6) is 5.88 Å². The summed E-state index contributed by atoms with van der Waals surface area (Å²) < 4.78 is 46.5. The molecule has 2 aromatic carbocycles. The molecule has 3 aromatic rings. The molecule has 4 heterocycles. The van der Waals surface area contributed by atoms with Crippen molar-refractivity contribution in [3.63, 3.8) is 0 Å². The number of carbonyl (C=O) groups excluding carboxylic acids is 1. The predicted octanol–water partition coefficient (Wildman–Crippen LogP) is 3.56. The number of fused-ring (bicyclic) bond motifs is 2. The molecule has 6 rings (SSSR count). The number of aromatic nitrogens is 1. The summed E-state index contributed by atoms with van der Waals surface area (Å²) in [7, 11) is -4.11. The van der Waals surface area contributed by atoms with E-state index >= 15 is 0 Å². The van der Waals surface area contributed by atoms with Gasteiger partial charge in [-0.1, -0.05) is 44.2 Å². The van der Waals surface area contributed by atoms with Gasteiger partial charge >= 0.3 is 6.09 Å². The molecule has 0 spiro atoms. The third-order valence-corrected chi connectivity index (χ3v) is 10.6. The summed E-state index contributed by atoms with van der Waals surface area (Å²) in [5.74, 6) is -0.142. The Kier molecular flexibility index (Phi) is 9.67. The second-order valence-corrected chi connectivity index (χ2v) is 14.6. The van der Waals surface area contributed by atoms with E-state index in [2.05, 4.69) is 15.3 Å². The molecule has 0 saturated carbocycles. The molecule has 248 valence electrons. The molecule has 4 N–H and O–H groups in total. The SMILES string of the molecule is CC(C)CN(CC(O)C(Cc1ccccc1)NC(=O)OC1COC2OCCC12)S(=O)(=O)c1ccc2[nH]c(O)c(C3=NCCC3)c2c1. The molecule has 1 amide bonds. The topological polar surface area (TPSA) is 163 Å². The van der Waals surface area contributed by atoms with E-state index in [0.717, 1.165) is 24.1 Å². The van der Waals surface area contributed by atoms with Crippen molar-refractivity contribution in [1.82, 2.24) is 14.6 Å². The van der Waals surface area contributed by atoms with Crippen LogP contribution in [0, 0.1) is 11.8 Å². The third kappa shape index (κ3) is 6.93. The van der Waals surface area contributed by atoms with E-state index in [4.69, 9.17) is 14.2 Å². The Hall–Kier alpha value is -3.49. The predicted molar refractivity (Wildman–Crippen MR) is 171 cm³/mol. The summed E-state index contributed by atoms with van der Waals surface area (Å²) in [6, 6.07) is 13.2. The Morgan fingerprint density at radius 3 is 2.72 bits per heavy atom. The van der Waals surface area contributed by atoms with Gasteiger partial charge in [-0.3, -0.25) is 4.99 Å². The summed E-state index contributed by atoms with van der Waals surface area (Å²) >= 11 is 0. The molecule has 13 heteroatoms. The number of rotatable bonds is 12. The zero-order valence-electron chi connectivity index (χ0n) is 26.1. The van der Waals surface area contributed by atoms with E-state index in [0.29, 0.717) is 36.0 Å². The number of aromatic amines is 1. The van der Waals surface area contributed by atoms with Crippen molar-refractivity contribution < 1.29 is 37.6 Å². The van der Waals surface area contributed by atoms with Crippen molar-refractivity contribution in [2.75, 3.05) is 32.8 Å². The average Bonchev–Trinajstić information content (AvgIpc) is 3.82. The summed E-state index contributed by atoms with van der Waals surface area (Å²) in [5, 5.41) is 25.6. The van der Waals surface area contributed by atoms with Crippen molar-refractivity contribution >= 4 is 32.7 Å². The van der Waals surface area contributed by atoms with Crippen LogP contribution in [-0.2, 0) is 30.7 Å². The molecule has 2 saturated heterocycles. The first kappa shape index (κ1) is 32.5. The number of sulfonamides is 1. The molecule has 46 heavy (non-hydrogen) atoms. The number of nitrogens with one attached hydrogen (secondary N) is 2. The van der Waals surface area contributed by atoms with Crippen LogP contribution >= 0.6 is 0 Å². The van der Waals surface area contributed by atoms with Gasteiger partial charge in [-0.2, -0.15) is 4.31 Å². The van der Waals surface area contributed by atoms with Gasteiger partial charge in [-0.05, 0) is 55.4 Å². The summed E-state index contributed by atoms with van der Waals surface area (Å²) in [6.07, 6.45) is -0.281. The number of hydrogen-bond acceptors (Lipinski definition) is 9. The maximum atomic E-state index is 14.2. The van der Waals surface area contributed by atoms with Crippen LogP contribution in [0.3, 0.4) is 0 Å². The number of aliphatic hydroxyl groups excluding tert-OH is 1. The zero-order valence-corrected chi connectivity index (χ0v) is 26.9. The fraction of sp³-hybridized carbons (Fsp3) is 0.515. The van der Waals surface area contributed by atoms with E-state index in [1.807, 2.05) is 44.2 Å². The second kappa shape index (κ2) is 13.7. The first-order valence-corrected chi connectivity index (χ1v) is 17.3. The highest BCUT2D eigenvalue weighted by Gasteiger charge is 2.44. The van der Waals surface area contributed by atoms with Crippen molar-refractivity contribution in [2.24, 2.45) is 16.8 Å². The van der Waals surface area contributed by atoms with Crippen LogP contribution in [0.2, 0.25) is 0 Å². The van der Waals surface area contributed by atoms with Gasteiger partial charge in [0.05, 0.1) is 41.7 Å². The number of hydrogen-bond donors (Lipinski definition) is 4. The van der Waals surface area contributed by atoms with Crippen molar-refractivity contribution in [1.29, 1.82) is 0 Å². The van der Waals surface area contributed by atoms with E-state index in [-0.39, 0.29) is 55.0 Å². The number of alkyl carbamates (subject to hydrolysis) is 1. The van der Waals surface area contributed by atoms with Gasteiger partial charge in [0.1, 0.15) is 6.10 Å². The quantitative estimate of drug-likeness (QED) is 0.230. The average molecular weight is 655 g/mol. The first-order valence-electron chi connectivity index (χ1n) is 15.9. The van der Waals surface area contributed by atoms with Crippen LogP contribution in [0.15, 0.2) is 58.4 Å². The number of aromatic hydroxyl groups is 1. The molecule has 0 bridgehead atoms. The standard InChI is InChI=1S/C33H42N4O8S/c1-20(2)17-37(46(41,42)22-10-11-25-24(16-22)30(31(39)35-25)26-9-6-13-34-26)18-28(38)27(15-21-7-4-3-5-8-21)36-33(40)45-29-19-44-32-23(29)12-14-43-32/h3-5,7-8,10-11,16,20,23,27-29,32,35,38-39H,6,9,12-15,17-19H2,1-2H3,(H,36,40). The highest BCUT2D eigenvalue weighted by molar-refractivity contribution is 7.89. The largest absolute Gasteiger partial charge is 0.494 e. The number of aliphatic imine (C=N–C) groups is 1. The van der Waals surface area contributed by atoms with Crippen LogP contribution in [0.4, 0.5) is 4.79 Å². The Morgan fingerprint density at radius 2 is 1.98 bits per heavy atom. The molecule has 12 nitrogen and oxygen atoms in total. The van der Waals surface area contributed by atoms with Crippen LogP contribution < -0.4 is 5.32 Å². The van der Waals surface area contributed by atoms with Crippen LogP contribution in [0.1, 0.15) is 44.2 Å². The molecule has 2 fully saturated rings. The lowest BCUT2D eigenvalue weighted by atomic mass is 10.0. The maximum absolute atomic E-state index is 14.2. The molecule has 0 radical (unpaired) electrons. The Balaban J connectivity index is 1.24. The molecule has 5 atom stereocenters. The van der Waals surface area contributed by atoms with Gasteiger partial charge < -0.3 is 34.7 Å². The number of benzene rings is 2. The van der Waals surface area contributed by atoms with Gasteiger partial charge in [-0.15, -0.1) is 0 Å². The Morgan fingerprint density at radius 1 is 1.17 bits per heavy atom. The first-order chi connectivity index (χ1) is 22.1. The van der Waals surface area contributed by atoms with Gasteiger partial charge in [-0.25, -0.2) is 13.2 Å². The molecular formula is C33H42N4O8S. The van der Waals surface area contributed by atoms with Gasteiger partial charge in [0, 0.05) is 36.2 Å². The van der Waals surface area contributed by atoms with Gasteiger partial charge in [0.15, 0.2) is 12.2 Å². The lowest BCUT2D eigenvalue weighted by molar-refractivity contribution is -0.0907. The molecule has 1 aromatic heterocycles. The fourth-order valence-corrected chi connectivity index (χ4v) is 8.19. The highest BCUT2D eigenvalue weighted by atomic mass is 32.2. The summed E-state index contributed by atoms with van der Waals surface area (Å²) in [4.78, 5) is 20.6. The third-order valence-electron chi connectivity index (χ3n) is 8.82. The molecule has 3 aliphatic rings. The Bertz CT molecular complexity index is 1680. The van der Waals surface area contributed by atoms with Crippen LogP contribution in [0.25, 0.3) is 10.9 Å². The number of ether oxygens (including phenoxy) is 3. The van der Waals surface area contributed by atoms with Crippen molar-refractivity contribution in [3.8, 4) is 5.88 Å². The van der Waals surface area contributed by atoms with Crippen molar-refractivity contribution in [2.45, 2.75) is 69.0 Å². The molecule has 0 aliphatic carbocycles. The molecular weight excluding hydrogens is 612 g/mol. The number of carbonyl (C=O) groups is 1. The minimum absolute atomic E-state index is 0.0354. The summed E-state index contributed by atoms with van der Waals surface area (Å²) in [6.45, 7) is 5.11. The van der Waals surface area contributed by atoms with E-state index in [9.17, 15) is 23.4 Å². The highest BCUT2D eigenvalue weighted by Crippen LogP contribution is 2.34. The molecule has 3 aliphatic heterocycles. The Labute approximate surface area is 268 Å². The fourth-order valence-electron chi connectivity index (χ4n) is 6.54. The summed E-state index contributed by atoms with van der Waals surface area (Å²) in [5.41, 5.74) is 2.73. The van der Waals surface area contributed by atoms with E-state index in [1.54, 1.807) is 12.1 Å². The number of nitrogens with zero attached hydrogens (tertiary/aromatic N) is 2. The smallest absolute Gasteiger partial charge is 0.407 e. The van der Waals surface area contributed by atoms with Crippen LogP contribution in [-0.4, -0.2) is 97.1 Å². The number of aliphatic hydroxyl groups is 1. The minimum Gasteiger partial charge on any atom is -0.494 e. The van der Waals surface area contributed by atoms with E-state index in [1.165, 1.54) is 10.4 Å². The van der Waals surface area contributed by atoms with Crippen molar-refractivity contribution in [3.05, 3.63) is 59.7 Å². The lowest BCUT2D eigenvalue weighted by Crippen LogP contribution is -2.51. The lowest BCUT2D eigenvalue weighted by Gasteiger charge is -2.31. The van der Waals surface area contributed by atoms with Gasteiger partial charge in [0.2, 0.25) is 10.0 Å². The normalized spacial score (nSPS) is 22.7. The van der Waals surface area contributed by atoms with E-state index < -0.39 is 34.4 Å². The molecule has 5 unspecified atom stereocenters. The number of H-pyrrole nitrogens is 1. The maximum Gasteiger partial charge on any atom is 0.407 e. The zero-order chi connectivity index (χ0) is 32.4. The monoisotopic (exact) mass is 654 g/mol. The minimum atomic E-state index is -4.11. The second-order valence-electron chi connectivity index (χ2n) is 12.7. The number of amides is 1.